The number of hydrogen-bond donors (Lipinski definition) is 3. The molecule has 0 atom stereocenters. The normalized spacial score (nSPS) is 11.1. The number of hydrogen-bond acceptors (Lipinski definition) is 20. The number of nitriles is 1. The zero-order valence-electron chi connectivity index (χ0n) is 23.4. The molecule has 24 heteroatoms. The molecule has 0 aliphatic heterocycles. The fraction of sp³-hybridized carbons (Fsp3) is 0.0909. The van der Waals surface area contributed by atoms with Crippen molar-refractivity contribution >= 4 is 85.5 Å². The first-order chi connectivity index (χ1) is 21.2. The molecule has 3 aromatic carbocycles. The minimum Gasteiger partial charge on any atom is -0.691 e. The maximum Gasteiger partial charge on any atom is 1.00 e. The van der Waals surface area contributed by atoms with Crippen molar-refractivity contribution in [1.29, 1.82) is 5.26 Å². The van der Waals surface area contributed by atoms with Gasteiger partial charge in [-0.3, -0.25) is 19.6 Å². The number of rotatable bonds is 15. The number of aromatic nitrogens is 3. The SMILES string of the molecule is N#CNc1nc(Cl)nc(Nc2ccc3c(O)c(N=Nc4ccc(S(=O)(=O)CCOSOO[O-])cc4)c(SOO[O-])cc3c2)n1.[Na+].[Na+]. The first-order valence-corrected chi connectivity index (χ1v) is 14.9. The summed E-state index contributed by atoms with van der Waals surface area (Å²) >= 11 is 6.54. The van der Waals surface area contributed by atoms with Crippen molar-refractivity contribution in [3.63, 3.8) is 0 Å². The Labute approximate surface area is 317 Å². The van der Waals surface area contributed by atoms with Crippen LogP contribution in [0, 0.1) is 11.5 Å². The number of anilines is 3. The third kappa shape index (κ3) is 11.4. The van der Waals surface area contributed by atoms with Gasteiger partial charge in [0.15, 0.2) is 34.1 Å². The summed E-state index contributed by atoms with van der Waals surface area (Å²) in [6.07, 6.45) is 1.68. The van der Waals surface area contributed by atoms with Crippen molar-refractivity contribution in [3.05, 3.63) is 53.8 Å². The fourth-order valence-electron chi connectivity index (χ4n) is 3.44. The molecule has 0 fully saturated rings. The number of nitrogens with zero attached hydrogens (tertiary/aromatic N) is 6. The maximum absolute atomic E-state index is 12.5. The van der Waals surface area contributed by atoms with Crippen molar-refractivity contribution in [2.45, 2.75) is 9.79 Å². The summed E-state index contributed by atoms with van der Waals surface area (Å²) in [5.41, 5.74) is 0.611. The van der Waals surface area contributed by atoms with E-state index >= 15 is 0 Å². The molecule has 0 saturated carbocycles. The molecule has 230 valence electrons. The Kier molecular flexibility index (Phi) is 17.3. The third-order valence-electron chi connectivity index (χ3n) is 5.23. The van der Waals surface area contributed by atoms with Crippen molar-refractivity contribution < 1.29 is 106 Å². The second-order valence-electron chi connectivity index (χ2n) is 7.88. The van der Waals surface area contributed by atoms with Crippen LogP contribution >= 0.6 is 36.0 Å². The summed E-state index contributed by atoms with van der Waals surface area (Å²) in [5.74, 6) is -0.768. The van der Waals surface area contributed by atoms with Crippen molar-refractivity contribution in [2.24, 2.45) is 10.2 Å². The summed E-state index contributed by atoms with van der Waals surface area (Å²) in [7, 11) is -3.74. The monoisotopic (exact) mass is 728 g/mol. The van der Waals surface area contributed by atoms with Crippen LogP contribution in [0.2, 0.25) is 5.28 Å². The van der Waals surface area contributed by atoms with Gasteiger partial charge < -0.3 is 20.9 Å². The molecule has 0 amide bonds. The number of halogens is 1. The maximum atomic E-state index is 12.5. The van der Waals surface area contributed by atoms with Crippen LogP contribution in [0.3, 0.4) is 0 Å². The number of sulfone groups is 1. The van der Waals surface area contributed by atoms with E-state index in [2.05, 4.69) is 54.6 Å². The minimum absolute atomic E-state index is 0. The zero-order chi connectivity index (χ0) is 31.5. The van der Waals surface area contributed by atoms with Crippen molar-refractivity contribution in [2.75, 3.05) is 23.0 Å². The van der Waals surface area contributed by atoms with E-state index in [0.29, 0.717) is 28.5 Å². The number of phenolic OH excluding ortho intramolecular Hbond substituents is 1. The molecular weight excluding hydrogens is 714 g/mol. The van der Waals surface area contributed by atoms with Crippen LogP contribution in [0.4, 0.5) is 29.0 Å². The number of benzene rings is 3. The van der Waals surface area contributed by atoms with Gasteiger partial charge in [-0.05, 0) is 65.5 Å². The van der Waals surface area contributed by atoms with Crippen LogP contribution in [0.25, 0.3) is 10.8 Å². The summed E-state index contributed by atoms with van der Waals surface area (Å²) in [4.78, 5) is 11.8. The standard InChI is InChI=1S/C22H17ClN8O10S3.2Na/c23-20-27-21(25-11-24)29-22(28-20)26-14-3-6-16-12(9-14)10-17(42-40-38-33)18(19(16)32)31-30-13-1-4-15(5-2-13)44(35,36)8-7-37-43-41-39-34;;/h1-6,9-10,32-34H,7-8H2,(H2,25,26,27,28,29);;/q;2*+1/p-2. The van der Waals surface area contributed by atoms with E-state index in [-0.39, 0.29) is 122 Å². The van der Waals surface area contributed by atoms with E-state index < -0.39 is 15.6 Å². The molecule has 0 aliphatic rings. The largest absolute Gasteiger partial charge is 1.00 e. The van der Waals surface area contributed by atoms with Gasteiger partial charge in [-0.1, -0.05) is 0 Å². The molecule has 0 radical (unpaired) electrons. The van der Waals surface area contributed by atoms with Gasteiger partial charge in [-0.15, -0.1) is 9.45 Å². The Morgan fingerprint density at radius 1 is 1.00 bits per heavy atom. The van der Waals surface area contributed by atoms with E-state index in [0.717, 1.165) is 0 Å². The van der Waals surface area contributed by atoms with Crippen LogP contribution < -0.4 is 80.3 Å². The van der Waals surface area contributed by atoms with Gasteiger partial charge in [0.2, 0.25) is 17.2 Å². The van der Waals surface area contributed by atoms with Crippen LogP contribution in [0.15, 0.2) is 68.6 Å². The molecule has 1 heterocycles. The number of nitrogens with one attached hydrogen (secondary N) is 2. The Balaban J connectivity index is 0.00000368. The average Bonchev–Trinajstić information content (AvgIpc) is 2.99. The van der Waals surface area contributed by atoms with Gasteiger partial charge in [0.25, 0.3) is 0 Å². The molecule has 0 unspecified atom stereocenters. The van der Waals surface area contributed by atoms with Crippen molar-refractivity contribution in [1.82, 2.24) is 15.0 Å². The van der Waals surface area contributed by atoms with Crippen LogP contribution in [-0.2, 0) is 32.8 Å². The number of fused-ring (bicyclic) bond motifs is 1. The Hall–Kier alpha value is -1.92. The molecule has 1 aromatic heterocycles. The molecule has 4 aromatic rings. The quantitative estimate of drug-likeness (QED) is 0.0164. The van der Waals surface area contributed by atoms with Gasteiger partial charge in [0.05, 0.1) is 39.9 Å². The van der Waals surface area contributed by atoms with Gasteiger partial charge in [0.1, 0.15) is 5.69 Å². The van der Waals surface area contributed by atoms with Crippen LogP contribution in [0.5, 0.6) is 5.75 Å². The number of azo groups is 1. The van der Waals surface area contributed by atoms with E-state index in [1.807, 2.05) is 0 Å². The molecule has 3 N–H and O–H groups in total. The first-order valence-electron chi connectivity index (χ1n) is 11.5. The molecular formula is C22H15ClN8Na2O10S3. The van der Waals surface area contributed by atoms with Gasteiger partial charge in [0, 0.05) is 11.1 Å². The minimum atomic E-state index is -3.74. The summed E-state index contributed by atoms with van der Waals surface area (Å²) in [5, 5.41) is 60.5. The average molecular weight is 729 g/mol. The topological polar surface area (TPSA) is 258 Å². The molecule has 0 spiro atoms. The molecule has 4 rings (SSSR count). The second kappa shape index (κ2) is 19.8. The third-order valence-corrected chi connectivity index (χ3v) is 8.09. The number of phenols is 1. The van der Waals surface area contributed by atoms with E-state index in [1.54, 1.807) is 24.4 Å². The van der Waals surface area contributed by atoms with Crippen LogP contribution in [0.1, 0.15) is 0 Å². The predicted molar refractivity (Wildman–Crippen MR) is 149 cm³/mol. The van der Waals surface area contributed by atoms with E-state index in [4.69, 9.17) is 21.0 Å². The van der Waals surface area contributed by atoms with Crippen molar-refractivity contribution in [3.8, 4) is 11.9 Å². The molecule has 46 heavy (non-hydrogen) atoms. The molecule has 0 saturated heterocycles. The first kappa shape index (κ1) is 40.3. The van der Waals surface area contributed by atoms with Crippen LogP contribution in [-0.4, -0.2) is 40.8 Å². The number of aromatic hydroxyl groups is 1. The van der Waals surface area contributed by atoms with E-state index in [1.165, 1.54) is 30.3 Å². The van der Waals surface area contributed by atoms with Gasteiger partial charge >= 0.3 is 59.1 Å². The van der Waals surface area contributed by atoms with Gasteiger partial charge in [-0.2, -0.15) is 29.7 Å². The second-order valence-corrected chi connectivity index (χ2v) is 11.6. The summed E-state index contributed by atoms with van der Waals surface area (Å²) in [6.45, 7) is -0.279. The van der Waals surface area contributed by atoms with E-state index in [9.17, 15) is 24.0 Å². The Bertz CT molecular complexity index is 1810. The fourth-order valence-corrected chi connectivity index (χ4v) is 5.50. The zero-order valence-corrected chi connectivity index (χ0v) is 30.6. The Morgan fingerprint density at radius 3 is 2.41 bits per heavy atom. The molecule has 0 bridgehead atoms. The molecule has 18 nitrogen and oxygen atoms in total. The Morgan fingerprint density at radius 2 is 1.72 bits per heavy atom. The molecule has 0 aliphatic carbocycles. The predicted octanol–water partition coefficient (Wildman–Crippen LogP) is -2.75. The summed E-state index contributed by atoms with van der Waals surface area (Å²) < 4.78 is 38.0. The van der Waals surface area contributed by atoms with Gasteiger partial charge in [-0.25, -0.2) is 8.42 Å². The summed E-state index contributed by atoms with van der Waals surface area (Å²) in [6, 6.07) is 11.7. The smallest absolute Gasteiger partial charge is 0.691 e.